The minimum Gasteiger partial charge on any atom is -0.463 e. The van der Waals surface area contributed by atoms with E-state index in [0.29, 0.717) is 0 Å². The Balaban J connectivity index is 2.27. The van der Waals surface area contributed by atoms with Crippen molar-refractivity contribution in [3.8, 4) is 0 Å². The maximum atomic E-state index is 11.5. The van der Waals surface area contributed by atoms with Crippen molar-refractivity contribution in [2.45, 2.75) is 51.7 Å². The number of esters is 3. The average molecular weight is 388 g/mol. The molecule has 2 rings (SSSR count). The van der Waals surface area contributed by atoms with Gasteiger partial charge in [-0.05, 0) is 12.2 Å². The van der Waals surface area contributed by atoms with Gasteiger partial charge in [0, 0.05) is 33.7 Å². The Labute approximate surface area is 155 Å². The third-order valence-electron chi connectivity index (χ3n) is 3.73. The number of carbonyl (C=O) groups excluding carboxylic acids is 4. The molecule has 0 aromatic carbocycles. The van der Waals surface area contributed by atoms with Crippen LogP contribution in [0.3, 0.4) is 0 Å². The number of hydrogen-bond acceptors (Lipinski definition) is 9. The Bertz CT molecular complexity index is 625. The molecule has 2 saturated heterocycles. The molecular formula is C15H20N2O8S. The normalized spacial score (nSPS) is 28.3. The van der Waals surface area contributed by atoms with Crippen molar-refractivity contribution < 1.29 is 38.1 Å². The predicted molar refractivity (Wildman–Crippen MR) is 88.5 cm³/mol. The summed E-state index contributed by atoms with van der Waals surface area (Å²) in [6.45, 7) is 3.67. The minimum atomic E-state index is -1.01. The van der Waals surface area contributed by atoms with Crippen LogP contribution >= 0.6 is 12.2 Å². The Hall–Kier alpha value is -2.27. The lowest BCUT2D eigenvalue weighted by Gasteiger charge is -2.36. The van der Waals surface area contributed by atoms with Crippen LogP contribution in [0.4, 0.5) is 0 Å². The fourth-order valence-electron chi connectivity index (χ4n) is 2.76. The van der Waals surface area contributed by atoms with Crippen LogP contribution in [0.15, 0.2) is 0 Å². The van der Waals surface area contributed by atoms with Gasteiger partial charge in [-0.2, -0.15) is 0 Å². The number of nitrogens with zero attached hydrogens (tertiary/aromatic N) is 1. The van der Waals surface area contributed by atoms with Crippen LogP contribution in [0.1, 0.15) is 27.2 Å². The van der Waals surface area contributed by atoms with E-state index in [1.807, 2.05) is 0 Å². The zero-order valence-electron chi connectivity index (χ0n) is 14.6. The van der Waals surface area contributed by atoms with Gasteiger partial charge in [0.2, 0.25) is 5.91 Å². The van der Waals surface area contributed by atoms with Crippen molar-refractivity contribution in [2.24, 2.45) is 0 Å². The average Bonchev–Trinajstić information content (AvgIpc) is 2.82. The van der Waals surface area contributed by atoms with Crippen LogP contribution in [-0.2, 0) is 38.1 Å². The summed E-state index contributed by atoms with van der Waals surface area (Å²) in [5.74, 6) is -2.00. The topological polar surface area (TPSA) is 120 Å². The second-order valence-corrected chi connectivity index (χ2v) is 6.20. The van der Waals surface area contributed by atoms with Gasteiger partial charge in [0.1, 0.15) is 12.7 Å². The molecular weight excluding hydrogens is 368 g/mol. The van der Waals surface area contributed by atoms with E-state index in [1.54, 1.807) is 0 Å². The monoisotopic (exact) mass is 388 g/mol. The second kappa shape index (κ2) is 8.41. The zero-order valence-corrected chi connectivity index (χ0v) is 15.4. The molecule has 2 fully saturated rings. The molecule has 0 spiro atoms. The van der Waals surface area contributed by atoms with Gasteiger partial charge in [-0.25, -0.2) is 0 Å². The molecule has 1 N–H and O–H groups in total. The van der Waals surface area contributed by atoms with Crippen molar-refractivity contribution in [1.29, 1.82) is 0 Å². The predicted octanol–water partition coefficient (Wildman–Crippen LogP) is -0.755. The molecule has 2 aliphatic heterocycles. The van der Waals surface area contributed by atoms with E-state index in [1.165, 1.54) is 25.7 Å². The lowest BCUT2D eigenvalue weighted by Crippen LogP contribution is -2.57. The number of ether oxygens (including phenoxy) is 4. The molecule has 0 saturated carbocycles. The van der Waals surface area contributed by atoms with Crippen molar-refractivity contribution in [3.05, 3.63) is 0 Å². The van der Waals surface area contributed by atoms with Crippen molar-refractivity contribution >= 4 is 41.1 Å². The first kappa shape index (κ1) is 20.0. The lowest BCUT2D eigenvalue weighted by atomic mass is 10.1. The summed E-state index contributed by atoms with van der Waals surface area (Å²) in [6, 6.07) is 0. The first-order valence-electron chi connectivity index (χ1n) is 7.92. The van der Waals surface area contributed by atoms with Gasteiger partial charge in [0.25, 0.3) is 0 Å². The molecule has 144 valence electrons. The highest BCUT2D eigenvalue weighted by Gasteiger charge is 2.52. The molecule has 2 aliphatic rings. The summed E-state index contributed by atoms with van der Waals surface area (Å²) < 4.78 is 21.4. The van der Waals surface area contributed by atoms with Gasteiger partial charge in [0.05, 0.1) is 0 Å². The maximum Gasteiger partial charge on any atom is 0.303 e. The Morgan fingerprint density at radius 2 is 1.77 bits per heavy atom. The summed E-state index contributed by atoms with van der Waals surface area (Å²) >= 11 is 5.16. The quantitative estimate of drug-likeness (QED) is 0.366. The number of hydrogen-bond donors (Lipinski definition) is 1. The minimum absolute atomic E-state index is 0.109. The van der Waals surface area contributed by atoms with Crippen LogP contribution in [0, 0.1) is 0 Å². The standard InChI is InChI=1S/C15H20N2O8S/c1-7(18)22-6-10-12(23-8(2)19)13(24-9(3)20)14(25-10)17-5-4-11(21)16-15(17)26/h10,12-14H,4-6H2,1-3H3,(H,16,21,26)/t10-,12?,13?,14-/m1/s1. The van der Waals surface area contributed by atoms with E-state index in [4.69, 9.17) is 31.2 Å². The Morgan fingerprint density at radius 1 is 1.15 bits per heavy atom. The highest BCUT2D eigenvalue weighted by Crippen LogP contribution is 2.30. The van der Waals surface area contributed by atoms with Crippen molar-refractivity contribution in [3.63, 3.8) is 0 Å². The van der Waals surface area contributed by atoms with Gasteiger partial charge in [0.15, 0.2) is 23.5 Å². The molecule has 11 heteroatoms. The van der Waals surface area contributed by atoms with Gasteiger partial charge < -0.3 is 29.2 Å². The summed E-state index contributed by atoms with van der Waals surface area (Å²) in [5.41, 5.74) is 0. The van der Waals surface area contributed by atoms with E-state index in [2.05, 4.69) is 5.32 Å². The molecule has 2 unspecified atom stereocenters. The maximum absolute atomic E-state index is 11.5. The van der Waals surface area contributed by atoms with E-state index in [-0.39, 0.29) is 30.6 Å². The fourth-order valence-corrected chi connectivity index (χ4v) is 3.07. The van der Waals surface area contributed by atoms with Crippen LogP contribution in [0.5, 0.6) is 0 Å². The van der Waals surface area contributed by atoms with E-state index in [0.717, 1.165) is 0 Å². The molecule has 0 radical (unpaired) electrons. The fraction of sp³-hybridized carbons (Fsp3) is 0.667. The van der Waals surface area contributed by atoms with E-state index in [9.17, 15) is 19.2 Å². The third-order valence-corrected chi connectivity index (χ3v) is 4.07. The number of thiocarbonyl (C=S) groups is 1. The number of rotatable bonds is 5. The SMILES string of the molecule is CC(=O)OC[C@H]1O[C@@H](N2CCC(=O)NC2=S)C(OC(C)=O)C1OC(C)=O. The first-order valence-corrected chi connectivity index (χ1v) is 8.33. The van der Waals surface area contributed by atoms with E-state index >= 15 is 0 Å². The molecule has 0 aromatic heterocycles. The zero-order chi connectivity index (χ0) is 19.4. The summed E-state index contributed by atoms with van der Waals surface area (Å²) in [4.78, 5) is 47.1. The lowest BCUT2D eigenvalue weighted by molar-refractivity contribution is -0.167. The molecule has 0 aliphatic carbocycles. The third kappa shape index (κ3) is 4.88. The van der Waals surface area contributed by atoms with Crippen LogP contribution in [-0.4, -0.2) is 71.5 Å². The Morgan fingerprint density at radius 3 is 2.31 bits per heavy atom. The van der Waals surface area contributed by atoms with Gasteiger partial charge in [-0.15, -0.1) is 0 Å². The molecule has 10 nitrogen and oxygen atoms in total. The van der Waals surface area contributed by atoms with Crippen LogP contribution in [0.2, 0.25) is 0 Å². The molecule has 4 atom stereocenters. The summed E-state index contributed by atoms with van der Waals surface area (Å²) in [5, 5.41) is 2.61. The summed E-state index contributed by atoms with van der Waals surface area (Å²) in [6.07, 6.45) is -3.61. The smallest absolute Gasteiger partial charge is 0.303 e. The molecule has 2 heterocycles. The van der Waals surface area contributed by atoms with Crippen molar-refractivity contribution in [1.82, 2.24) is 10.2 Å². The van der Waals surface area contributed by atoms with Crippen LogP contribution < -0.4 is 5.32 Å². The number of amides is 1. The van der Waals surface area contributed by atoms with E-state index < -0.39 is 42.4 Å². The molecule has 26 heavy (non-hydrogen) atoms. The van der Waals surface area contributed by atoms with Crippen LogP contribution in [0.25, 0.3) is 0 Å². The molecule has 0 aromatic rings. The highest BCUT2D eigenvalue weighted by atomic mass is 32.1. The van der Waals surface area contributed by atoms with Gasteiger partial charge in [-0.3, -0.25) is 19.2 Å². The van der Waals surface area contributed by atoms with Gasteiger partial charge >= 0.3 is 17.9 Å². The second-order valence-electron chi connectivity index (χ2n) is 5.81. The number of nitrogens with one attached hydrogen (secondary N) is 1. The van der Waals surface area contributed by atoms with Gasteiger partial charge in [-0.1, -0.05) is 0 Å². The Kier molecular flexibility index (Phi) is 6.48. The largest absolute Gasteiger partial charge is 0.463 e. The van der Waals surface area contributed by atoms with Crippen molar-refractivity contribution in [2.75, 3.05) is 13.2 Å². The molecule has 1 amide bonds. The highest BCUT2D eigenvalue weighted by molar-refractivity contribution is 7.80. The first-order chi connectivity index (χ1) is 12.2. The number of carbonyl (C=O) groups is 4. The summed E-state index contributed by atoms with van der Waals surface area (Å²) in [7, 11) is 0. The molecule has 0 bridgehead atoms.